The summed E-state index contributed by atoms with van der Waals surface area (Å²) in [7, 11) is 0. The normalized spacial score (nSPS) is 11.8. The van der Waals surface area contributed by atoms with Gasteiger partial charge in [0.15, 0.2) is 6.04 Å². The SMILES string of the molecule is CC(=N)CNC(=O)C(N)C(N)=O. The zero-order chi connectivity index (χ0) is 9.72. The molecule has 0 fully saturated rings. The predicted octanol–water partition coefficient (Wildman–Crippen LogP) is -2.05. The maximum atomic E-state index is 10.9. The lowest BCUT2D eigenvalue weighted by molar-refractivity contribution is -0.129. The summed E-state index contributed by atoms with van der Waals surface area (Å²) in [5.41, 5.74) is 10.1. The van der Waals surface area contributed by atoms with Gasteiger partial charge in [-0.2, -0.15) is 0 Å². The van der Waals surface area contributed by atoms with Crippen molar-refractivity contribution in [1.29, 1.82) is 5.41 Å². The van der Waals surface area contributed by atoms with Crippen molar-refractivity contribution in [3.05, 3.63) is 0 Å². The van der Waals surface area contributed by atoms with Crippen LogP contribution in [0.3, 0.4) is 0 Å². The first kappa shape index (κ1) is 10.6. The number of hydrogen-bond acceptors (Lipinski definition) is 4. The van der Waals surface area contributed by atoms with Crippen LogP contribution < -0.4 is 16.8 Å². The predicted molar refractivity (Wildman–Crippen MR) is 43.6 cm³/mol. The molecular weight excluding hydrogens is 160 g/mol. The van der Waals surface area contributed by atoms with Gasteiger partial charge in [-0.1, -0.05) is 0 Å². The highest BCUT2D eigenvalue weighted by atomic mass is 16.2. The number of amides is 2. The highest BCUT2D eigenvalue weighted by Crippen LogP contribution is 1.76. The second kappa shape index (κ2) is 4.45. The molecule has 1 atom stereocenters. The van der Waals surface area contributed by atoms with Crippen molar-refractivity contribution in [1.82, 2.24) is 5.32 Å². The van der Waals surface area contributed by atoms with Gasteiger partial charge in [-0.25, -0.2) is 0 Å². The highest BCUT2D eigenvalue weighted by Gasteiger charge is 2.18. The van der Waals surface area contributed by atoms with Gasteiger partial charge in [-0.05, 0) is 6.92 Å². The fourth-order valence-electron chi connectivity index (χ4n) is 0.459. The summed E-state index contributed by atoms with van der Waals surface area (Å²) in [6.45, 7) is 1.61. The summed E-state index contributed by atoms with van der Waals surface area (Å²) < 4.78 is 0. The highest BCUT2D eigenvalue weighted by molar-refractivity contribution is 6.04. The van der Waals surface area contributed by atoms with Crippen LogP contribution in [0.5, 0.6) is 0 Å². The third-order valence-corrected chi connectivity index (χ3v) is 1.12. The Kier molecular flexibility index (Phi) is 3.92. The Morgan fingerprint density at radius 1 is 1.58 bits per heavy atom. The van der Waals surface area contributed by atoms with E-state index in [1.54, 1.807) is 0 Å². The number of nitrogens with one attached hydrogen (secondary N) is 2. The molecule has 12 heavy (non-hydrogen) atoms. The Morgan fingerprint density at radius 2 is 2.08 bits per heavy atom. The third kappa shape index (κ3) is 3.67. The molecule has 1 unspecified atom stereocenters. The minimum absolute atomic E-state index is 0.0831. The number of carbonyl (C=O) groups is 2. The minimum atomic E-state index is -1.33. The van der Waals surface area contributed by atoms with Gasteiger partial charge in [0.1, 0.15) is 0 Å². The number of nitrogens with two attached hydrogens (primary N) is 2. The quantitative estimate of drug-likeness (QED) is 0.288. The molecule has 6 N–H and O–H groups in total. The Labute approximate surface area is 69.8 Å². The topological polar surface area (TPSA) is 122 Å². The zero-order valence-electron chi connectivity index (χ0n) is 6.76. The number of carbonyl (C=O) groups excluding carboxylic acids is 2. The monoisotopic (exact) mass is 172 g/mol. The van der Waals surface area contributed by atoms with Crippen LogP contribution in [0.15, 0.2) is 0 Å². The molecule has 0 aliphatic rings. The molecule has 0 rings (SSSR count). The van der Waals surface area contributed by atoms with Crippen molar-refractivity contribution < 1.29 is 9.59 Å². The Balaban J connectivity index is 3.88. The van der Waals surface area contributed by atoms with Crippen molar-refractivity contribution in [2.45, 2.75) is 13.0 Å². The van der Waals surface area contributed by atoms with Gasteiger partial charge in [-0.3, -0.25) is 9.59 Å². The summed E-state index contributed by atoms with van der Waals surface area (Å²) in [4.78, 5) is 21.2. The van der Waals surface area contributed by atoms with Crippen LogP contribution in [0.4, 0.5) is 0 Å². The number of primary amides is 1. The van der Waals surface area contributed by atoms with Crippen LogP contribution in [0.1, 0.15) is 6.92 Å². The summed E-state index contributed by atoms with van der Waals surface area (Å²) in [5, 5.41) is 9.24. The van der Waals surface area contributed by atoms with E-state index in [1.165, 1.54) is 6.92 Å². The molecule has 6 nitrogen and oxygen atoms in total. The van der Waals surface area contributed by atoms with Crippen molar-refractivity contribution in [3.8, 4) is 0 Å². The Morgan fingerprint density at radius 3 is 2.42 bits per heavy atom. The molecule has 0 aromatic rings. The summed E-state index contributed by atoms with van der Waals surface area (Å²) in [6.07, 6.45) is 0. The van der Waals surface area contributed by atoms with E-state index in [0.717, 1.165) is 0 Å². The molecule has 0 spiro atoms. The van der Waals surface area contributed by atoms with Crippen LogP contribution in [0.25, 0.3) is 0 Å². The summed E-state index contributed by atoms with van der Waals surface area (Å²) >= 11 is 0. The average Bonchev–Trinajstić information content (AvgIpc) is 1.98. The molecule has 0 radical (unpaired) electrons. The maximum absolute atomic E-state index is 10.9. The van der Waals surface area contributed by atoms with E-state index in [1.807, 2.05) is 0 Å². The average molecular weight is 172 g/mol. The fourth-order valence-corrected chi connectivity index (χ4v) is 0.459. The van der Waals surface area contributed by atoms with Gasteiger partial charge in [-0.15, -0.1) is 0 Å². The van der Waals surface area contributed by atoms with Gasteiger partial charge in [0, 0.05) is 5.71 Å². The molecule has 0 aliphatic heterocycles. The van der Waals surface area contributed by atoms with Crippen molar-refractivity contribution in [2.75, 3.05) is 6.54 Å². The smallest absolute Gasteiger partial charge is 0.246 e. The molecule has 0 aromatic heterocycles. The van der Waals surface area contributed by atoms with Crippen molar-refractivity contribution >= 4 is 17.5 Å². The van der Waals surface area contributed by atoms with E-state index < -0.39 is 17.9 Å². The molecule has 0 bridgehead atoms. The minimum Gasteiger partial charge on any atom is -0.368 e. The second-order valence-electron chi connectivity index (χ2n) is 2.38. The molecule has 6 heteroatoms. The largest absolute Gasteiger partial charge is 0.368 e. The van der Waals surface area contributed by atoms with Crippen LogP contribution in [0, 0.1) is 5.41 Å². The van der Waals surface area contributed by atoms with E-state index in [2.05, 4.69) is 5.32 Å². The molecule has 0 heterocycles. The lowest BCUT2D eigenvalue weighted by Crippen LogP contribution is -2.49. The van der Waals surface area contributed by atoms with Gasteiger partial charge >= 0.3 is 0 Å². The lowest BCUT2D eigenvalue weighted by atomic mass is 10.3. The number of rotatable bonds is 4. The van der Waals surface area contributed by atoms with E-state index in [4.69, 9.17) is 16.9 Å². The van der Waals surface area contributed by atoms with Gasteiger partial charge in [0.05, 0.1) is 6.54 Å². The van der Waals surface area contributed by atoms with Gasteiger partial charge < -0.3 is 22.2 Å². The summed E-state index contributed by atoms with van der Waals surface area (Å²) in [5.74, 6) is -1.54. The van der Waals surface area contributed by atoms with E-state index in [0.29, 0.717) is 0 Å². The maximum Gasteiger partial charge on any atom is 0.246 e. The Bertz CT molecular complexity index is 214. The number of hydrogen-bond donors (Lipinski definition) is 4. The second-order valence-corrected chi connectivity index (χ2v) is 2.38. The van der Waals surface area contributed by atoms with Crippen LogP contribution in [-0.2, 0) is 9.59 Å². The van der Waals surface area contributed by atoms with Gasteiger partial charge in [0.2, 0.25) is 11.8 Å². The van der Waals surface area contributed by atoms with Crippen LogP contribution in [-0.4, -0.2) is 30.1 Å². The molecule has 0 aliphatic carbocycles. The van der Waals surface area contributed by atoms with Crippen LogP contribution >= 0.6 is 0 Å². The first-order valence-corrected chi connectivity index (χ1v) is 3.31. The van der Waals surface area contributed by atoms with E-state index in [9.17, 15) is 9.59 Å². The zero-order valence-corrected chi connectivity index (χ0v) is 6.76. The summed E-state index contributed by atoms with van der Waals surface area (Å²) in [6, 6.07) is -1.33. The molecule has 68 valence electrons. The van der Waals surface area contributed by atoms with E-state index >= 15 is 0 Å². The molecule has 2 amide bonds. The van der Waals surface area contributed by atoms with Gasteiger partial charge in [0.25, 0.3) is 0 Å². The standard InChI is InChI=1S/C6H12N4O2/c1-3(7)2-10-6(12)4(8)5(9)11/h4,7H,2,8H2,1H3,(H2,9,11)(H,10,12). The molecule has 0 aromatic carbocycles. The lowest BCUT2D eigenvalue weighted by Gasteiger charge is -2.07. The molecular formula is C6H12N4O2. The van der Waals surface area contributed by atoms with Crippen molar-refractivity contribution in [2.24, 2.45) is 11.5 Å². The Hall–Kier alpha value is -1.43. The first-order valence-electron chi connectivity index (χ1n) is 3.31. The van der Waals surface area contributed by atoms with Crippen molar-refractivity contribution in [3.63, 3.8) is 0 Å². The first-order chi connectivity index (χ1) is 5.45. The third-order valence-electron chi connectivity index (χ3n) is 1.12. The molecule has 0 saturated heterocycles. The molecule has 0 saturated carbocycles. The fraction of sp³-hybridized carbons (Fsp3) is 0.500. The van der Waals surface area contributed by atoms with Crippen LogP contribution in [0.2, 0.25) is 0 Å². The van der Waals surface area contributed by atoms with E-state index in [-0.39, 0.29) is 12.3 Å².